The molecule has 0 aliphatic heterocycles. The fourth-order valence-corrected chi connectivity index (χ4v) is 1.32. The van der Waals surface area contributed by atoms with Crippen molar-refractivity contribution in [2.45, 2.75) is 32.7 Å². The van der Waals surface area contributed by atoms with Gasteiger partial charge in [-0.05, 0) is 27.4 Å². The smallest absolute Gasteiger partial charge is 0.129 e. The predicted molar refractivity (Wildman–Crippen MR) is 67.7 cm³/mol. The summed E-state index contributed by atoms with van der Waals surface area (Å²) >= 11 is 0. The molecule has 1 unspecified atom stereocenters. The van der Waals surface area contributed by atoms with Crippen LogP contribution in [0, 0.1) is 0 Å². The van der Waals surface area contributed by atoms with Gasteiger partial charge in [-0.15, -0.1) is 0 Å². The highest BCUT2D eigenvalue weighted by Gasteiger charge is 2.04. The van der Waals surface area contributed by atoms with Crippen LogP contribution in [0.1, 0.15) is 26.0 Å². The summed E-state index contributed by atoms with van der Waals surface area (Å²) in [6.45, 7) is 5.24. The highest BCUT2D eigenvalue weighted by atomic mass is 15.1. The highest BCUT2D eigenvalue weighted by molar-refractivity contribution is 5.34. The van der Waals surface area contributed by atoms with E-state index in [1.165, 1.54) is 0 Å². The largest absolute Gasteiger partial charge is 0.368 e. The minimum atomic E-state index is 0.490. The van der Waals surface area contributed by atoms with Gasteiger partial charge in [0.25, 0.3) is 0 Å². The molecule has 4 heteroatoms. The zero-order chi connectivity index (χ0) is 12.0. The van der Waals surface area contributed by atoms with E-state index in [0.29, 0.717) is 6.04 Å². The molecule has 0 aliphatic carbocycles. The van der Waals surface area contributed by atoms with Gasteiger partial charge in [0.05, 0.1) is 0 Å². The number of nitrogens with zero attached hydrogens (tertiary/aromatic N) is 3. The zero-order valence-electron chi connectivity index (χ0n) is 10.7. The van der Waals surface area contributed by atoms with Crippen LogP contribution in [0.15, 0.2) is 12.4 Å². The molecular formula is C12H22N4. The van der Waals surface area contributed by atoms with Crippen molar-refractivity contribution in [3.8, 4) is 0 Å². The Hall–Kier alpha value is -1.16. The number of aryl methyl sites for hydroxylation is 1. The van der Waals surface area contributed by atoms with Gasteiger partial charge in [0.1, 0.15) is 12.1 Å². The van der Waals surface area contributed by atoms with Crippen LogP contribution < -0.4 is 5.32 Å². The van der Waals surface area contributed by atoms with E-state index in [4.69, 9.17) is 0 Å². The average Bonchev–Trinajstić information content (AvgIpc) is 2.26. The van der Waals surface area contributed by atoms with Crippen molar-refractivity contribution in [3.05, 3.63) is 18.1 Å². The Bertz CT molecular complexity index is 312. The quantitative estimate of drug-likeness (QED) is 0.796. The lowest BCUT2D eigenvalue weighted by molar-refractivity contribution is 0.326. The fourth-order valence-electron chi connectivity index (χ4n) is 1.32. The molecule has 0 saturated heterocycles. The first kappa shape index (κ1) is 12.9. The molecule has 4 nitrogen and oxygen atoms in total. The monoisotopic (exact) mass is 222 g/mol. The molecule has 0 radical (unpaired) electrons. The third-order valence-electron chi connectivity index (χ3n) is 2.69. The van der Waals surface area contributed by atoms with Gasteiger partial charge in [0.15, 0.2) is 0 Å². The molecule has 0 spiro atoms. The molecule has 0 fully saturated rings. The van der Waals surface area contributed by atoms with Gasteiger partial charge < -0.3 is 10.2 Å². The first-order chi connectivity index (χ1) is 7.63. The minimum absolute atomic E-state index is 0.490. The Morgan fingerprint density at radius 3 is 2.75 bits per heavy atom. The topological polar surface area (TPSA) is 41.0 Å². The van der Waals surface area contributed by atoms with Crippen LogP contribution >= 0.6 is 0 Å². The number of likely N-dealkylation sites (N-methyl/N-ethyl adjacent to an activating group) is 1. The van der Waals surface area contributed by atoms with Crippen LogP contribution in [0.4, 0.5) is 5.82 Å². The van der Waals surface area contributed by atoms with Crippen molar-refractivity contribution in [2.75, 3.05) is 26.0 Å². The maximum Gasteiger partial charge on any atom is 0.129 e. The molecule has 1 N–H and O–H groups in total. The maximum atomic E-state index is 4.23. The van der Waals surface area contributed by atoms with Gasteiger partial charge >= 0.3 is 0 Å². The molecule has 1 rings (SSSR count). The molecule has 1 aromatic rings. The molecule has 0 aromatic carbocycles. The fraction of sp³-hybridized carbons (Fsp3) is 0.667. The van der Waals surface area contributed by atoms with Crippen molar-refractivity contribution in [1.82, 2.24) is 14.9 Å². The summed E-state index contributed by atoms with van der Waals surface area (Å²) in [6.07, 6.45) is 3.76. The summed E-state index contributed by atoms with van der Waals surface area (Å²) < 4.78 is 0. The first-order valence-electron chi connectivity index (χ1n) is 5.84. The molecule has 1 aromatic heterocycles. The molecule has 0 amide bonds. The Kier molecular flexibility index (Phi) is 5.19. The van der Waals surface area contributed by atoms with E-state index in [0.717, 1.165) is 30.9 Å². The normalized spacial score (nSPS) is 12.8. The van der Waals surface area contributed by atoms with Crippen molar-refractivity contribution < 1.29 is 0 Å². The van der Waals surface area contributed by atoms with Crippen molar-refractivity contribution >= 4 is 5.82 Å². The molecule has 1 atom stereocenters. The van der Waals surface area contributed by atoms with Crippen molar-refractivity contribution in [3.63, 3.8) is 0 Å². The van der Waals surface area contributed by atoms with Gasteiger partial charge in [-0.2, -0.15) is 0 Å². The summed E-state index contributed by atoms with van der Waals surface area (Å²) in [4.78, 5) is 10.6. The third kappa shape index (κ3) is 4.14. The zero-order valence-corrected chi connectivity index (χ0v) is 10.7. The van der Waals surface area contributed by atoms with Crippen LogP contribution in [-0.2, 0) is 6.42 Å². The number of aromatic nitrogens is 2. The first-order valence-corrected chi connectivity index (χ1v) is 5.84. The average molecular weight is 222 g/mol. The molecule has 16 heavy (non-hydrogen) atoms. The lowest BCUT2D eigenvalue weighted by Crippen LogP contribution is -2.31. The van der Waals surface area contributed by atoms with E-state index in [1.807, 2.05) is 6.07 Å². The summed E-state index contributed by atoms with van der Waals surface area (Å²) in [7, 11) is 4.16. The molecule has 0 bridgehead atoms. The number of nitrogens with one attached hydrogen (secondary N) is 1. The van der Waals surface area contributed by atoms with Crippen LogP contribution in [-0.4, -0.2) is 41.5 Å². The van der Waals surface area contributed by atoms with Crippen LogP contribution in [0.25, 0.3) is 0 Å². The number of rotatable bonds is 6. The van der Waals surface area contributed by atoms with Crippen molar-refractivity contribution in [2.24, 2.45) is 0 Å². The van der Waals surface area contributed by atoms with Gasteiger partial charge in [-0.25, -0.2) is 9.97 Å². The van der Waals surface area contributed by atoms with Crippen molar-refractivity contribution in [1.29, 1.82) is 0 Å². The van der Waals surface area contributed by atoms with Gasteiger partial charge in [0, 0.05) is 24.3 Å². The van der Waals surface area contributed by atoms with E-state index in [1.54, 1.807) is 6.33 Å². The van der Waals surface area contributed by atoms with E-state index in [9.17, 15) is 0 Å². The maximum absolute atomic E-state index is 4.23. The van der Waals surface area contributed by atoms with E-state index >= 15 is 0 Å². The standard InChI is InChI=1S/C12H22N4/c1-5-6-11-7-12(15-9-14-11)13-8-10(2)16(3)4/h7,9-10H,5-6,8H2,1-4H3,(H,13,14,15). The van der Waals surface area contributed by atoms with E-state index in [-0.39, 0.29) is 0 Å². The van der Waals surface area contributed by atoms with Gasteiger partial charge in [0.2, 0.25) is 0 Å². The lowest BCUT2D eigenvalue weighted by Gasteiger charge is -2.20. The SMILES string of the molecule is CCCc1cc(NCC(C)N(C)C)ncn1. The van der Waals surface area contributed by atoms with Gasteiger partial charge in [-0.1, -0.05) is 13.3 Å². The third-order valence-corrected chi connectivity index (χ3v) is 2.69. The second kappa shape index (κ2) is 6.43. The summed E-state index contributed by atoms with van der Waals surface area (Å²) in [5.74, 6) is 0.923. The number of hydrogen-bond acceptors (Lipinski definition) is 4. The Morgan fingerprint density at radius 1 is 1.38 bits per heavy atom. The molecule has 90 valence electrons. The second-order valence-corrected chi connectivity index (χ2v) is 4.34. The second-order valence-electron chi connectivity index (χ2n) is 4.34. The Balaban J connectivity index is 2.50. The summed E-state index contributed by atoms with van der Waals surface area (Å²) in [5, 5.41) is 3.33. The molecule has 0 saturated carbocycles. The van der Waals surface area contributed by atoms with Crippen LogP contribution in [0.5, 0.6) is 0 Å². The van der Waals surface area contributed by atoms with E-state index in [2.05, 4.69) is 48.1 Å². The highest BCUT2D eigenvalue weighted by Crippen LogP contribution is 2.06. The lowest BCUT2D eigenvalue weighted by atomic mass is 10.2. The summed E-state index contributed by atoms with van der Waals surface area (Å²) in [5.41, 5.74) is 1.11. The van der Waals surface area contributed by atoms with Gasteiger partial charge in [-0.3, -0.25) is 0 Å². The number of anilines is 1. The molecule has 0 aliphatic rings. The predicted octanol–water partition coefficient (Wildman–Crippen LogP) is 1.79. The van der Waals surface area contributed by atoms with Crippen LogP contribution in [0.3, 0.4) is 0 Å². The van der Waals surface area contributed by atoms with Crippen LogP contribution in [0.2, 0.25) is 0 Å². The Labute approximate surface area is 98.1 Å². The minimum Gasteiger partial charge on any atom is -0.368 e. The van der Waals surface area contributed by atoms with E-state index < -0.39 is 0 Å². The Morgan fingerprint density at radius 2 is 2.12 bits per heavy atom. The molecule has 1 heterocycles. The summed E-state index contributed by atoms with van der Waals surface area (Å²) in [6, 6.07) is 2.52. The molecular weight excluding hydrogens is 200 g/mol. The number of hydrogen-bond donors (Lipinski definition) is 1.